The summed E-state index contributed by atoms with van der Waals surface area (Å²) in [7, 11) is 1.91. The minimum atomic E-state index is 0.575. The Hall–Kier alpha value is -0.400. The maximum atomic E-state index is 6.03. The fraction of sp³-hybridized carbons (Fsp3) is 0.429. The van der Waals surface area contributed by atoms with Crippen LogP contribution in [0.1, 0.15) is 37.3 Å². The van der Waals surface area contributed by atoms with Gasteiger partial charge in [0.25, 0.3) is 0 Å². The maximum Gasteiger partial charge on any atom is 0.171 e. The van der Waals surface area contributed by atoms with E-state index in [1.807, 2.05) is 19.2 Å². The molecule has 20 heavy (non-hydrogen) atoms. The van der Waals surface area contributed by atoms with Crippen molar-refractivity contribution >= 4 is 51.3 Å². The van der Waals surface area contributed by atoms with Crippen molar-refractivity contribution in [3.63, 3.8) is 0 Å². The summed E-state index contributed by atoms with van der Waals surface area (Å²) in [6.07, 6.45) is 5.08. The number of nitrogens with one attached hydrogen (secondary N) is 1. The zero-order chi connectivity index (χ0) is 14.1. The highest BCUT2D eigenvalue weighted by atomic mass is 127. The second-order valence-corrected chi connectivity index (χ2v) is 7.72. The summed E-state index contributed by atoms with van der Waals surface area (Å²) in [4.78, 5) is 10.5. The number of hydrogen-bond acceptors (Lipinski definition) is 4. The largest absolute Gasteiger partial charge is 0.372 e. The van der Waals surface area contributed by atoms with Crippen molar-refractivity contribution in [2.45, 2.75) is 31.6 Å². The number of thiophene rings is 1. The molecule has 6 heteroatoms. The lowest BCUT2D eigenvalue weighted by molar-refractivity contribution is 0.691. The molecular weight excluding hydrogens is 405 g/mol. The van der Waals surface area contributed by atoms with Crippen molar-refractivity contribution in [3.05, 3.63) is 25.7 Å². The lowest BCUT2D eigenvalue weighted by Crippen LogP contribution is -2.07. The SMILES string of the molecule is CNc1nc(-c2ccc(Cl)s2)nc(C2CCCC2)c1I. The van der Waals surface area contributed by atoms with Crippen molar-refractivity contribution in [1.82, 2.24) is 9.97 Å². The van der Waals surface area contributed by atoms with Crippen molar-refractivity contribution in [1.29, 1.82) is 0 Å². The third kappa shape index (κ3) is 2.80. The summed E-state index contributed by atoms with van der Waals surface area (Å²) in [5, 5.41) is 3.19. The Kier molecular flexibility index (Phi) is 4.47. The van der Waals surface area contributed by atoms with Crippen LogP contribution in [0.3, 0.4) is 0 Å². The molecule has 0 atom stereocenters. The van der Waals surface area contributed by atoms with Crippen LogP contribution < -0.4 is 5.32 Å². The fourth-order valence-corrected chi connectivity index (χ4v) is 4.57. The van der Waals surface area contributed by atoms with Gasteiger partial charge < -0.3 is 5.32 Å². The van der Waals surface area contributed by atoms with Gasteiger partial charge in [-0.1, -0.05) is 24.4 Å². The van der Waals surface area contributed by atoms with Crippen molar-refractivity contribution in [2.24, 2.45) is 0 Å². The van der Waals surface area contributed by atoms with Gasteiger partial charge in [0.1, 0.15) is 5.82 Å². The maximum absolute atomic E-state index is 6.03. The van der Waals surface area contributed by atoms with Crippen LogP contribution in [0.5, 0.6) is 0 Å². The molecule has 2 aromatic heterocycles. The van der Waals surface area contributed by atoms with E-state index < -0.39 is 0 Å². The molecule has 0 aromatic carbocycles. The Balaban J connectivity index is 2.09. The van der Waals surface area contributed by atoms with Gasteiger partial charge in [-0.15, -0.1) is 11.3 Å². The minimum Gasteiger partial charge on any atom is -0.372 e. The standard InChI is InChI=1S/C14H15ClIN3S/c1-17-14-11(16)12(8-4-2-3-5-8)18-13(19-14)9-6-7-10(15)20-9/h6-8H,2-5H2,1H3,(H,17,18,19). The van der Waals surface area contributed by atoms with Gasteiger partial charge in [-0.05, 0) is 47.6 Å². The predicted octanol–water partition coefficient (Wildman–Crippen LogP) is 5.16. The van der Waals surface area contributed by atoms with E-state index in [0.717, 1.165) is 24.4 Å². The average Bonchev–Trinajstić information content (AvgIpc) is 3.10. The van der Waals surface area contributed by atoms with Crippen molar-refractivity contribution in [2.75, 3.05) is 12.4 Å². The zero-order valence-electron chi connectivity index (χ0n) is 11.1. The van der Waals surface area contributed by atoms with Gasteiger partial charge >= 0.3 is 0 Å². The molecule has 1 saturated carbocycles. The molecule has 1 fully saturated rings. The van der Waals surface area contributed by atoms with Crippen LogP contribution >= 0.6 is 45.5 Å². The molecule has 0 unspecified atom stereocenters. The second kappa shape index (κ2) is 6.15. The van der Waals surface area contributed by atoms with E-state index in [-0.39, 0.29) is 0 Å². The van der Waals surface area contributed by atoms with Crippen LogP contribution in [0, 0.1) is 3.57 Å². The Bertz CT molecular complexity index is 623. The Labute approximate surface area is 141 Å². The third-order valence-electron chi connectivity index (χ3n) is 3.65. The van der Waals surface area contributed by atoms with E-state index in [0.29, 0.717) is 5.92 Å². The van der Waals surface area contributed by atoms with Gasteiger partial charge in [-0.2, -0.15) is 0 Å². The van der Waals surface area contributed by atoms with E-state index in [1.54, 1.807) is 0 Å². The van der Waals surface area contributed by atoms with Crippen LogP contribution in [0.25, 0.3) is 10.7 Å². The van der Waals surface area contributed by atoms with Crippen LogP contribution in [0.4, 0.5) is 5.82 Å². The summed E-state index contributed by atoms with van der Waals surface area (Å²) < 4.78 is 1.93. The highest BCUT2D eigenvalue weighted by molar-refractivity contribution is 14.1. The molecule has 2 heterocycles. The number of halogens is 2. The number of aromatic nitrogens is 2. The molecule has 3 rings (SSSR count). The highest BCUT2D eigenvalue weighted by Crippen LogP contribution is 2.38. The number of hydrogen-bond donors (Lipinski definition) is 1. The third-order valence-corrected chi connectivity index (χ3v) is 5.94. The van der Waals surface area contributed by atoms with Crippen LogP contribution in [0.15, 0.2) is 12.1 Å². The van der Waals surface area contributed by atoms with Gasteiger partial charge in [0.2, 0.25) is 0 Å². The summed E-state index contributed by atoms with van der Waals surface area (Å²) in [6, 6.07) is 3.89. The Morgan fingerprint density at radius 1 is 1.30 bits per heavy atom. The molecule has 0 amide bonds. The van der Waals surface area contributed by atoms with Crippen molar-refractivity contribution in [3.8, 4) is 10.7 Å². The monoisotopic (exact) mass is 419 g/mol. The summed E-state index contributed by atoms with van der Waals surface area (Å²) in [5.41, 5.74) is 1.20. The van der Waals surface area contributed by atoms with Gasteiger partial charge in [0, 0.05) is 13.0 Å². The Morgan fingerprint density at radius 3 is 2.65 bits per heavy atom. The van der Waals surface area contributed by atoms with Gasteiger partial charge in [0.05, 0.1) is 18.5 Å². The number of rotatable bonds is 3. The predicted molar refractivity (Wildman–Crippen MR) is 93.8 cm³/mol. The van der Waals surface area contributed by atoms with Crippen LogP contribution in [-0.4, -0.2) is 17.0 Å². The van der Waals surface area contributed by atoms with Gasteiger partial charge in [0.15, 0.2) is 5.82 Å². The van der Waals surface area contributed by atoms with E-state index in [4.69, 9.17) is 16.6 Å². The number of nitrogens with zero attached hydrogens (tertiary/aromatic N) is 2. The summed E-state index contributed by atoms with van der Waals surface area (Å²) >= 11 is 9.92. The van der Waals surface area contributed by atoms with Crippen LogP contribution in [-0.2, 0) is 0 Å². The van der Waals surface area contributed by atoms with Crippen molar-refractivity contribution < 1.29 is 0 Å². The van der Waals surface area contributed by atoms with E-state index >= 15 is 0 Å². The lowest BCUT2D eigenvalue weighted by atomic mass is 10.0. The smallest absolute Gasteiger partial charge is 0.171 e. The fourth-order valence-electron chi connectivity index (χ4n) is 2.64. The summed E-state index contributed by atoms with van der Waals surface area (Å²) in [5.74, 6) is 2.28. The topological polar surface area (TPSA) is 37.8 Å². The zero-order valence-corrected chi connectivity index (χ0v) is 14.8. The first-order chi connectivity index (χ1) is 9.69. The molecule has 1 N–H and O–H groups in total. The quantitative estimate of drug-likeness (QED) is 0.698. The lowest BCUT2D eigenvalue weighted by Gasteiger charge is -2.15. The highest BCUT2D eigenvalue weighted by Gasteiger charge is 2.24. The first-order valence-corrected chi connectivity index (χ1v) is 8.97. The molecule has 0 bridgehead atoms. The minimum absolute atomic E-state index is 0.575. The normalized spacial score (nSPS) is 15.8. The van der Waals surface area contributed by atoms with Gasteiger partial charge in [-0.3, -0.25) is 0 Å². The molecule has 0 radical (unpaired) electrons. The van der Waals surface area contributed by atoms with E-state index in [1.165, 1.54) is 42.7 Å². The molecule has 106 valence electrons. The Morgan fingerprint density at radius 2 is 2.05 bits per heavy atom. The molecule has 2 aromatic rings. The molecule has 3 nitrogen and oxygen atoms in total. The van der Waals surface area contributed by atoms with E-state index in [9.17, 15) is 0 Å². The molecular formula is C14H15ClIN3S. The van der Waals surface area contributed by atoms with E-state index in [2.05, 4.69) is 32.9 Å². The average molecular weight is 420 g/mol. The molecule has 1 aliphatic rings. The summed E-state index contributed by atoms with van der Waals surface area (Å²) in [6.45, 7) is 0. The second-order valence-electron chi connectivity index (χ2n) is 4.93. The number of anilines is 1. The van der Waals surface area contributed by atoms with Crippen LogP contribution in [0.2, 0.25) is 4.34 Å². The van der Waals surface area contributed by atoms with Gasteiger partial charge in [-0.25, -0.2) is 9.97 Å². The molecule has 0 spiro atoms. The first-order valence-electron chi connectivity index (χ1n) is 6.70. The molecule has 0 aliphatic heterocycles. The molecule has 0 saturated heterocycles. The first kappa shape index (κ1) is 14.5. The molecule has 1 aliphatic carbocycles.